The molecule has 1 aliphatic heterocycles. The summed E-state index contributed by atoms with van der Waals surface area (Å²) in [7, 11) is 0. The van der Waals surface area contributed by atoms with Crippen LogP contribution in [0.4, 0.5) is 0 Å². The fraction of sp³-hybridized carbons (Fsp3) is 0.625. The maximum atomic E-state index is 11.3. The summed E-state index contributed by atoms with van der Waals surface area (Å²) < 4.78 is 4.63. The van der Waals surface area contributed by atoms with Crippen molar-refractivity contribution in [1.29, 1.82) is 5.26 Å². The second kappa shape index (κ2) is 3.64. The molecule has 1 fully saturated rings. The van der Waals surface area contributed by atoms with Crippen LogP contribution in [0.5, 0.6) is 0 Å². The third-order valence-corrected chi connectivity index (χ3v) is 1.95. The summed E-state index contributed by atoms with van der Waals surface area (Å²) in [6.45, 7) is 1.71. The first-order valence-electron chi connectivity index (χ1n) is 4.14. The first kappa shape index (κ1) is 10.5. The van der Waals surface area contributed by atoms with E-state index in [1.54, 1.807) is 13.0 Å². The fourth-order valence-electron chi connectivity index (χ4n) is 1.24. The zero-order valence-electron chi connectivity index (χ0n) is 7.61. The van der Waals surface area contributed by atoms with E-state index in [0.717, 1.165) is 0 Å². The summed E-state index contributed by atoms with van der Waals surface area (Å²) in [5.41, 5.74) is -1.72. The summed E-state index contributed by atoms with van der Waals surface area (Å²) in [4.78, 5) is 22.3. The molecule has 14 heavy (non-hydrogen) atoms. The van der Waals surface area contributed by atoms with Gasteiger partial charge < -0.3 is 15.2 Å². The van der Waals surface area contributed by atoms with Gasteiger partial charge in [0.25, 0.3) is 5.91 Å². The molecule has 1 aliphatic rings. The SMILES string of the molecule is CCOC(=O)[C@@]1(C#N)C[C@H](O)C(=O)N1. The highest BCUT2D eigenvalue weighted by molar-refractivity contribution is 5.96. The van der Waals surface area contributed by atoms with Gasteiger partial charge in [-0.1, -0.05) is 0 Å². The van der Waals surface area contributed by atoms with Crippen LogP contribution in [-0.2, 0) is 14.3 Å². The number of carbonyl (C=O) groups is 2. The van der Waals surface area contributed by atoms with Crippen LogP contribution in [-0.4, -0.2) is 35.2 Å². The lowest BCUT2D eigenvalue weighted by Gasteiger charge is -2.17. The van der Waals surface area contributed by atoms with Crippen LogP contribution in [0.1, 0.15) is 13.3 Å². The third-order valence-electron chi connectivity index (χ3n) is 1.95. The predicted molar refractivity (Wildman–Crippen MR) is 43.7 cm³/mol. The van der Waals surface area contributed by atoms with Gasteiger partial charge in [-0.3, -0.25) is 4.79 Å². The number of hydrogen-bond acceptors (Lipinski definition) is 5. The molecule has 0 radical (unpaired) electrons. The lowest BCUT2D eigenvalue weighted by atomic mass is 9.99. The van der Waals surface area contributed by atoms with Crippen molar-refractivity contribution in [3.63, 3.8) is 0 Å². The molecule has 6 heteroatoms. The van der Waals surface area contributed by atoms with Gasteiger partial charge in [-0.05, 0) is 6.92 Å². The van der Waals surface area contributed by atoms with Crippen molar-refractivity contribution < 1.29 is 19.4 Å². The van der Waals surface area contributed by atoms with Gasteiger partial charge in [0.05, 0.1) is 6.61 Å². The van der Waals surface area contributed by atoms with Gasteiger partial charge >= 0.3 is 5.97 Å². The van der Waals surface area contributed by atoms with Gasteiger partial charge in [-0.15, -0.1) is 0 Å². The van der Waals surface area contributed by atoms with Crippen molar-refractivity contribution in [2.75, 3.05) is 6.61 Å². The Balaban J connectivity index is 2.86. The second-order valence-electron chi connectivity index (χ2n) is 2.95. The Kier molecular flexibility index (Phi) is 2.72. The summed E-state index contributed by atoms with van der Waals surface area (Å²) in [5.74, 6) is -1.55. The van der Waals surface area contributed by atoms with Crippen molar-refractivity contribution in [2.45, 2.75) is 25.0 Å². The van der Waals surface area contributed by atoms with E-state index in [4.69, 9.17) is 10.4 Å². The molecule has 0 aromatic rings. The van der Waals surface area contributed by atoms with E-state index in [1.165, 1.54) is 0 Å². The zero-order chi connectivity index (χ0) is 10.8. The molecule has 2 atom stereocenters. The summed E-state index contributed by atoms with van der Waals surface area (Å²) in [6.07, 6.45) is -1.58. The van der Waals surface area contributed by atoms with Crippen LogP contribution < -0.4 is 5.32 Å². The first-order chi connectivity index (χ1) is 6.55. The summed E-state index contributed by atoms with van der Waals surface area (Å²) in [5, 5.41) is 20.0. The van der Waals surface area contributed by atoms with Crippen molar-refractivity contribution >= 4 is 11.9 Å². The zero-order valence-corrected chi connectivity index (χ0v) is 7.61. The Labute approximate surface area is 80.5 Å². The maximum absolute atomic E-state index is 11.3. The van der Waals surface area contributed by atoms with E-state index in [0.29, 0.717) is 0 Å². The molecule has 0 saturated carbocycles. The quantitative estimate of drug-likeness (QED) is 0.537. The molecular formula is C8H10N2O4. The molecule has 1 amide bonds. The lowest BCUT2D eigenvalue weighted by Crippen LogP contribution is -2.48. The van der Waals surface area contributed by atoms with Crippen LogP contribution in [0.3, 0.4) is 0 Å². The second-order valence-corrected chi connectivity index (χ2v) is 2.95. The minimum absolute atomic E-state index is 0.119. The van der Waals surface area contributed by atoms with Crippen LogP contribution >= 0.6 is 0 Å². The molecule has 0 bridgehead atoms. The highest BCUT2D eigenvalue weighted by Gasteiger charge is 2.51. The van der Waals surface area contributed by atoms with Crippen molar-refractivity contribution in [1.82, 2.24) is 5.32 Å². The number of amides is 1. The van der Waals surface area contributed by atoms with Crippen molar-refractivity contribution in [3.05, 3.63) is 0 Å². The number of esters is 1. The molecule has 76 valence electrons. The Hall–Kier alpha value is -1.61. The molecule has 6 nitrogen and oxygen atoms in total. The predicted octanol–water partition coefficient (Wildman–Crippen LogP) is -1.31. The molecule has 0 aromatic carbocycles. The van der Waals surface area contributed by atoms with Crippen LogP contribution in [0, 0.1) is 11.3 Å². The Morgan fingerprint density at radius 1 is 1.93 bits per heavy atom. The smallest absolute Gasteiger partial charge is 0.346 e. The Morgan fingerprint density at radius 3 is 2.93 bits per heavy atom. The normalized spacial score (nSPS) is 30.6. The molecule has 1 rings (SSSR count). The van der Waals surface area contributed by atoms with E-state index >= 15 is 0 Å². The van der Waals surface area contributed by atoms with Gasteiger partial charge in [0.15, 0.2) is 0 Å². The first-order valence-corrected chi connectivity index (χ1v) is 4.14. The van der Waals surface area contributed by atoms with E-state index in [9.17, 15) is 9.59 Å². The van der Waals surface area contributed by atoms with E-state index in [2.05, 4.69) is 10.1 Å². The number of hydrogen-bond donors (Lipinski definition) is 2. The molecule has 2 N–H and O–H groups in total. The van der Waals surface area contributed by atoms with Gasteiger partial charge in [-0.2, -0.15) is 5.26 Å². The highest BCUT2D eigenvalue weighted by atomic mass is 16.5. The summed E-state index contributed by atoms with van der Waals surface area (Å²) >= 11 is 0. The number of nitrogens with zero attached hydrogens (tertiary/aromatic N) is 1. The average Bonchev–Trinajstić information content (AvgIpc) is 2.44. The number of nitrogens with one attached hydrogen (secondary N) is 1. The monoisotopic (exact) mass is 198 g/mol. The number of nitriles is 1. The Bertz CT molecular complexity index is 309. The number of rotatable bonds is 2. The molecule has 0 unspecified atom stereocenters. The molecule has 0 spiro atoms. The Morgan fingerprint density at radius 2 is 2.57 bits per heavy atom. The van der Waals surface area contributed by atoms with Gasteiger partial charge in [-0.25, -0.2) is 4.79 Å². The third kappa shape index (κ3) is 1.54. The van der Waals surface area contributed by atoms with Gasteiger partial charge in [0, 0.05) is 6.42 Å². The summed E-state index contributed by atoms with van der Waals surface area (Å²) in [6, 6.07) is 1.66. The minimum atomic E-state index is -1.72. The number of carbonyl (C=O) groups excluding carboxylic acids is 2. The molecule has 0 aromatic heterocycles. The van der Waals surface area contributed by atoms with E-state index in [-0.39, 0.29) is 13.0 Å². The largest absolute Gasteiger partial charge is 0.463 e. The van der Waals surface area contributed by atoms with Gasteiger partial charge in [0.1, 0.15) is 12.2 Å². The topological polar surface area (TPSA) is 99.4 Å². The number of aliphatic hydroxyl groups is 1. The van der Waals surface area contributed by atoms with E-state index < -0.39 is 23.5 Å². The van der Waals surface area contributed by atoms with Gasteiger partial charge in [0.2, 0.25) is 5.54 Å². The maximum Gasteiger partial charge on any atom is 0.346 e. The van der Waals surface area contributed by atoms with Crippen molar-refractivity contribution in [2.24, 2.45) is 0 Å². The van der Waals surface area contributed by atoms with E-state index in [1.807, 2.05) is 0 Å². The molecule has 0 aliphatic carbocycles. The van der Waals surface area contributed by atoms with Crippen LogP contribution in [0.15, 0.2) is 0 Å². The standard InChI is InChI=1S/C8H10N2O4/c1-2-14-7(13)8(4-9)3-5(11)6(12)10-8/h5,11H,2-3H2,1H3,(H,10,12)/t5-,8-/m0/s1. The number of aliphatic hydroxyl groups excluding tert-OH is 1. The molecule has 1 saturated heterocycles. The molecule has 1 heterocycles. The highest BCUT2D eigenvalue weighted by Crippen LogP contribution is 2.21. The van der Waals surface area contributed by atoms with Crippen molar-refractivity contribution in [3.8, 4) is 6.07 Å². The van der Waals surface area contributed by atoms with Crippen LogP contribution in [0.2, 0.25) is 0 Å². The number of ether oxygens (including phenoxy) is 1. The lowest BCUT2D eigenvalue weighted by molar-refractivity contribution is -0.148. The fourth-order valence-corrected chi connectivity index (χ4v) is 1.24. The minimum Gasteiger partial charge on any atom is -0.463 e. The average molecular weight is 198 g/mol. The molecular weight excluding hydrogens is 188 g/mol. The van der Waals surface area contributed by atoms with Crippen LogP contribution in [0.25, 0.3) is 0 Å².